The van der Waals surface area contributed by atoms with Crippen LogP contribution in [-0.4, -0.2) is 46.8 Å². The summed E-state index contributed by atoms with van der Waals surface area (Å²) < 4.78 is 1.25. The minimum Gasteiger partial charge on any atom is -0.369 e. The predicted octanol–water partition coefficient (Wildman–Crippen LogP) is 1.66. The van der Waals surface area contributed by atoms with Crippen molar-refractivity contribution in [1.29, 1.82) is 0 Å². The van der Waals surface area contributed by atoms with Crippen LogP contribution in [0, 0.1) is 5.92 Å². The summed E-state index contributed by atoms with van der Waals surface area (Å²) >= 11 is 6.18. The molecule has 2 aliphatic rings. The lowest BCUT2D eigenvalue weighted by molar-refractivity contribution is -0.134. The number of nitrogens with zero attached hydrogens (tertiary/aromatic N) is 4. The number of hydrogen-bond acceptors (Lipinski definition) is 4. The number of hydrogen-bond donors (Lipinski definition) is 0. The van der Waals surface area contributed by atoms with Crippen molar-refractivity contribution in [3.8, 4) is 0 Å². The molecule has 3 rings (SSSR count). The molecule has 1 amide bonds. The number of aryl methyl sites for hydroxylation is 1. The highest BCUT2D eigenvalue weighted by Gasteiger charge is 2.26. The van der Waals surface area contributed by atoms with E-state index in [0.717, 1.165) is 57.5 Å². The summed E-state index contributed by atoms with van der Waals surface area (Å²) in [7, 11) is 1.60. The van der Waals surface area contributed by atoms with E-state index in [4.69, 9.17) is 11.6 Å². The number of likely N-dealkylation sites (tertiary alicyclic amines) is 1. The van der Waals surface area contributed by atoms with Crippen LogP contribution in [-0.2, 0) is 11.8 Å². The van der Waals surface area contributed by atoms with E-state index in [1.165, 1.54) is 4.68 Å². The Bertz CT molecular complexity index is 637. The number of piperidine rings is 2. The number of carbonyl (C=O) groups is 1. The zero-order valence-electron chi connectivity index (χ0n) is 13.5. The second kappa shape index (κ2) is 6.91. The number of amides is 1. The summed E-state index contributed by atoms with van der Waals surface area (Å²) in [4.78, 5) is 28.0. The summed E-state index contributed by atoms with van der Waals surface area (Å²) in [5.41, 5.74) is 0.465. The van der Waals surface area contributed by atoms with Gasteiger partial charge >= 0.3 is 0 Å². The Kier molecular flexibility index (Phi) is 4.90. The van der Waals surface area contributed by atoms with Crippen molar-refractivity contribution in [1.82, 2.24) is 14.7 Å². The predicted molar refractivity (Wildman–Crippen MR) is 89.9 cm³/mol. The van der Waals surface area contributed by atoms with Crippen LogP contribution in [0.3, 0.4) is 0 Å². The van der Waals surface area contributed by atoms with Crippen LogP contribution in [0.2, 0.25) is 5.02 Å². The van der Waals surface area contributed by atoms with Gasteiger partial charge in [-0.3, -0.25) is 9.59 Å². The second-order valence-corrected chi connectivity index (χ2v) is 6.88. The van der Waals surface area contributed by atoms with Crippen molar-refractivity contribution in [2.75, 3.05) is 31.1 Å². The molecule has 6 nitrogen and oxygen atoms in total. The minimum atomic E-state index is -0.259. The van der Waals surface area contributed by atoms with Gasteiger partial charge in [0.1, 0.15) is 5.02 Å². The van der Waals surface area contributed by atoms with Crippen molar-refractivity contribution in [2.24, 2.45) is 13.0 Å². The van der Waals surface area contributed by atoms with Gasteiger partial charge in [0.25, 0.3) is 5.56 Å². The van der Waals surface area contributed by atoms with Crippen LogP contribution < -0.4 is 10.5 Å². The van der Waals surface area contributed by atoms with Gasteiger partial charge in [0.15, 0.2) is 0 Å². The lowest BCUT2D eigenvalue weighted by atomic mass is 9.95. The summed E-state index contributed by atoms with van der Waals surface area (Å²) in [5.74, 6) is 0.837. The fourth-order valence-corrected chi connectivity index (χ4v) is 3.74. The summed E-state index contributed by atoms with van der Waals surface area (Å²) in [6, 6.07) is 0. The lowest BCUT2D eigenvalue weighted by Gasteiger charge is -2.37. The summed E-state index contributed by atoms with van der Waals surface area (Å²) in [6.07, 6.45) is 6.54. The molecule has 0 aromatic carbocycles. The zero-order chi connectivity index (χ0) is 16.4. The maximum Gasteiger partial charge on any atom is 0.287 e. The summed E-state index contributed by atoms with van der Waals surface area (Å²) in [5, 5.41) is 4.31. The Hall–Kier alpha value is -1.56. The van der Waals surface area contributed by atoms with Gasteiger partial charge in [-0.15, -0.1) is 0 Å². The maximum atomic E-state index is 11.9. The van der Waals surface area contributed by atoms with E-state index in [-0.39, 0.29) is 10.6 Å². The third-order valence-corrected chi connectivity index (χ3v) is 5.27. The topological polar surface area (TPSA) is 58.4 Å². The fraction of sp³-hybridized carbons (Fsp3) is 0.688. The Morgan fingerprint density at radius 1 is 1.22 bits per heavy atom. The van der Waals surface area contributed by atoms with E-state index in [9.17, 15) is 9.59 Å². The van der Waals surface area contributed by atoms with Gasteiger partial charge in [0, 0.05) is 39.6 Å². The molecule has 0 radical (unpaired) electrons. The molecule has 0 N–H and O–H groups in total. The molecule has 0 unspecified atom stereocenters. The van der Waals surface area contributed by atoms with E-state index < -0.39 is 0 Å². The highest BCUT2D eigenvalue weighted by atomic mass is 35.5. The first-order valence-corrected chi connectivity index (χ1v) is 8.68. The SMILES string of the molecule is Cn1ncc(N2CCC(CN3CCCCC3=O)CC2)c(Cl)c1=O. The van der Waals surface area contributed by atoms with E-state index in [0.29, 0.717) is 18.2 Å². The lowest BCUT2D eigenvalue weighted by Crippen LogP contribution is -2.43. The van der Waals surface area contributed by atoms with Crippen LogP contribution >= 0.6 is 11.6 Å². The Morgan fingerprint density at radius 2 is 1.96 bits per heavy atom. The van der Waals surface area contributed by atoms with Gasteiger partial charge in [0.05, 0.1) is 11.9 Å². The molecule has 126 valence electrons. The molecule has 0 aliphatic carbocycles. The molecule has 1 aromatic rings. The molecule has 23 heavy (non-hydrogen) atoms. The number of halogens is 1. The standard InChI is InChI=1S/C16H23ClN4O2/c1-19-16(23)15(17)13(10-18-19)20-8-5-12(6-9-20)11-21-7-3-2-4-14(21)22/h10,12H,2-9,11H2,1H3. The highest BCUT2D eigenvalue weighted by Crippen LogP contribution is 2.27. The Balaban J connectivity index is 1.59. The monoisotopic (exact) mass is 338 g/mol. The van der Waals surface area contributed by atoms with E-state index in [1.54, 1.807) is 13.2 Å². The van der Waals surface area contributed by atoms with E-state index in [2.05, 4.69) is 10.00 Å². The molecular formula is C16H23ClN4O2. The van der Waals surface area contributed by atoms with Gasteiger partial charge in [-0.25, -0.2) is 4.68 Å². The molecular weight excluding hydrogens is 316 g/mol. The van der Waals surface area contributed by atoms with Crippen molar-refractivity contribution < 1.29 is 4.79 Å². The zero-order valence-corrected chi connectivity index (χ0v) is 14.3. The molecule has 0 bridgehead atoms. The van der Waals surface area contributed by atoms with Crippen molar-refractivity contribution in [3.05, 3.63) is 21.6 Å². The molecule has 2 aliphatic heterocycles. The number of anilines is 1. The average Bonchev–Trinajstić information content (AvgIpc) is 2.56. The largest absolute Gasteiger partial charge is 0.369 e. The Morgan fingerprint density at radius 3 is 2.65 bits per heavy atom. The first-order valence-electron chi connectivity index (χ1n) is 8.31. The van der Waals surface area contributed by atoms with Gasteiger partial charge in [0.2, 0.25) is 5.91 Å². The molecule has 0 saturated carbocycles. The minimum absolute atomic E-state index is 0.243. The fourth-order valence-electron chi connectivity index (χ4n) is 3.45. The number of rotatable bonds is 3. The molecule has 2 saturated heterocycles. The molecule has 1 aromatic heterocycles. The van der Waals surface area contributed by atoms with Gasteiger partial charge in [-0.2, -0.15) is 5.10 Å². The van der Waals surface area contributed by atoms with Crippen LogP contribution in [0.4, 0.5) is 5.69 Å². The van der Waals surface area contributed by atoms with Crippen LogP contribution in [0.25, 0.3) is 0 Å². The van der Waals surface area contributed by atoms with E-state index in [1.807, 2.05) is 4.90 Å². The molecule has 0 atom stereocenters. The molecule has 7 heteroatoms. The quantitative estimate of drug-likeness (QED) is 0.841. The molecule has 2 fully saturated rings. The first-order chi connectivity index (χ1) is 11.1. The highest BCUT2D eigenvalue weighted by molar-refractivity contribution is 6.33. The smallest absolute Gasteiger partial charge is 0.287 e. The third-order valence-electron chi connectivity index (χ3n) is 4.91. The Labute approximate surface area is 141 Å². The third kappa shape index (κ3) is 3.52. The molecule has 0 spiro atoms. The van der Waals surface area contributed by atoms with Gasteiger partial charge in [-0.05, 0) is 31.6 Å². The van der Waals surface area contributed by atoms with Crippen molar-refractivity contribution in [3.63, 3.8) is 0 Å². The van der Waals surface area contributed by atoms with Gasteiger partial charge in [-0.1, -0.05) is 11.6 Å². The van der Waals surface area contributed by atoms with Crippen LogP contribution in [0.1, 0.15) is 32.1 Å². The van der Waals surface area contributed by atoms with Crippen LogP contribution in [0.5, 0.6) is 0 Å². The summed E-state index contributed by atoms with van der Waals surface area (Å²) in [6.45, 7) is 3.47. The van der Waals surface area contributed by atoms with E-state index >= 15 is 0 Å². The van der Waals surface area contributed by atoms with Crippen LogP contribution in [0.15, 0.2) is 11.0 Å². The number of carbonyl (C=O) groups excluding carboxylic acids is 1. The van der Waals surface area contributed by atoms with Gasteiger partial charge < -0.3 is 9.80 Å². The molecule has 3 heterocycles. The maximum absolute atomic E-state index is 11.9. The van der Waals surface area contributed by atoms with Crippen molar-refractivity contribution >= 4 is 23.2 Å². The van der Waals surface area contributed by atoms with Crippen molar-refractivity contribution in [2.45, 2.75) is 32.1 Å². The number of aromatic nitrogens is 2. The average molecular weight is 339 g/mol. The normalized spacial score (nSPS) is 20.2. The first kappa shape index (κ1) is 16.3. The second-order valence-electron chi connectivity index (χ2n) is 6.50.